The van der Waals surface area contributed by atoms with Gasteiger partial charge in [0.15, 0.2) is 0 Å². The summed E-state index contributed by atoms with van der Waals surface area (Å²) < 4.78 is 31.9. The topological polar surface area (TPSA) is 41.6 Å². The van der Waals surface area contributed by atoms with Crippen LogP contribution in [0.15, 0.2) is 18.2 Å². The molecule has 6 heteroatoms. The van der Waals surface area contributed by atoms with Crippen molar-refractivity contribution in [1.82, 2.24) is 10.2 Å². The van der Waals surface area contributed by atoms with E-state index >= 15 is 0 Å². The summed E-state index contributed by atoms with van der Waals surface area (Å²) in [5.41, 5.74) is -0.0802. The van der Waals surface area contributed by atoms with Gasteiger partial charge in [-0.05, 0) is 38.5 Å². The number of carbonyl (C=O) groups is 1. The molecule has 0 aromatic heterocycles. The van der Waals surface area contributed by atoms with Gasteiger partial charge in [-0.15, -0.1) is 0 Å². The van der Waals surface area contributed by atoms with Gasteiger partial charge in [0.25, 0.3) is 0 Å². The number of nitrogens with one attached hydrogen (secondary N) is 1. The van der Waals surface area contributed by atoms with Gasteiger partial charge in [0.05, 0.1) is 6.04 Å². The van der Waals surface area contributed by atoms with E-state index in [9.17, 15) is 13.6 Å². The van der Waals surface area contributed by atoms with E-state index in [4.69, 9.17) is 4.74 Å². The van der Waals surface area contributed by atoms with Gasteiger partial charge in [-0.25, -0.2) is 13.6 Å². The van der Waals surface area contributed by atoms with E-state index in [-0.39, 0.29) is 6.04 Å². The zero-order valence-corrected chi connectivity index (χ0v) is 12.5. The van der Waals surface area contributed by atoms with Crippen molar-refractivity contribution in [3.8, 4) is 0 Å². The molecular weight excluding hydrogens is 278 g/mol. The van der Waals surface area contributed by atoms with Crippen LogP contribution in [0.25, 0.3) is 0 Å². The lowest BCUT2D eigenvalue weighted by molar-refractivity contribution is 0.0195. The molecule has 4 nitrogen and oxygen atoms in total. The summed E-state index contributed by atoms with van der Waals surface area (Å²) in [7, 11) is 0. The fourth-order valence-electron chi connectivity index (χ4n) is 2.24. The maximum absolute atomic E-state index is 13.3. The zero-order chi connectivity index (χ0) is 15.6. The summed E-state index contributed by atoms with van der Waals surface area (Å²) >= 11 is 0. The average Bonchev–Trinajstić information content (AvgIpc) is 2.36. The van der Waals surface area contributed by atoms with Crippen molar-refractivity contribution in [2.45, 2.75) is 32.4 Å². The van der Waals surface area contributed by atoms with Crippen LogP contribution in [0.1, 0.15) is 32.4 Å². The Kier molecular flexibility index (Phi) is 4.46. The monoisotopic (exact) mass is 298 g/mol. The van der Waals surface area contributed by atoms with Crippen molar-refractivity contribution in [2.75, 3.05) is 19.6 Å². The Balaban J connectivity index is 2.08. The summed E-state index contributed by atoms with van der Waals surface area (Å²) in [5, 5.41) is 3.15. The maximum atomic E-state index is 13.3. The number of rotatable bonds is 1. The van der Waals surface area contributed by atoms with Gasteiger partial charge in [-0.2, -0.15) is 0 Å². The molecule has 2 rings (SSSR count). The molecule has 1 aliphatic heterocycles. The first-order chi connectivity index (χ1) is 9.74. The fourth-order valence-corrected chi connectivity index (χ4v) is 2.24. The highest BCUT2D eigenvalue weighted by molar-refractivity contribution is 5.68. The van der Waals surface area contributed by atoms with Gasteiger partial charge in [-0.1, -0.05) is 0 Å². The molecule has 1 saturated heterocycles. The molecule has 1 unspecified atom stereocenters. The van der Waals surface area contributed by atoms with Crippen LogP contribution in [0, 0.1) is 11.6 Å². The molecule has 1 aliphatic rings. The first-order valence-electron chi connectivity index (χ1n) is 6.92. The van der Waals surface area contributed by atoms with E-state index in [0.717, 1.165) is 6.07 Å². The number of carbonyl (C=O) groups excluding carboxylic acids is 1. The molecule has 1 amide bonds. The predicted molar refractivity (Wildman–Crippen MR) is 74.9 cm³/mol. The van der Waals surface area contributed by atoms with Crippen LogP contribution in [0.2, 0.25) is 0 Å². The van der Waals surface area contributed by atoms with Crippen molar-refractivity contribution in [1.29, 1.82) is 0 Å². The Hall–Kier alpha value is -1.69. The van der Waals surface area contributed by atoms with Gasteiger partial charge < -0.3 is 15.0 Å². The molecule has 1 atom stereocenters. The molecule has 1 aromatic carbocycles. The Labute approximate surface area is 123 Å². The van der Waals surface area contributed by atoms with Crippen molar-refractivity contribution in [2.24, 2.45) is 0 Å². The molecule has 116 valence electrons. The second-order valence-electron chi connectivity index (χ2n) is 6.14. The summed E-state index contributed by atoms with van der Waals surface area (Å²) in [6, 6.07) is 3.08. The van der Waals surface area contributed by atoms with Crippen LogP contribution in [-0.4, -0.2) is 36.2 Å². The number of hydrogen-bond donors (Lipinski definition) is 1. The number of benzene rings is 1. The highest BCUT2D eigenvalue weighted by Gasteiger charge is 2.28. The summed E-state index contributed by atoms with van der Waals surface area (Å²) in [5.74, 6) is -1.25. The van der Waals surface area contributed by atoms with E-state index in [1.54, 1.807) is 25.7 Å². The van der Waals surface area contributed by atoms with Crippen LogP contribution in [0.5, 0.6) is 0 Å². The van der Waals surface area contributed by atoms with Crippen LogP contribution < -0.4 is 5.32 Å². The Morgan fingerprint density at radius 1 is 1.29 bits per heavy atom. The largest absolute Gasteiger partial charge is 0.444 e. The van der Waals surface area contributed by atoms with Gasteiger partial charge in [0, 0.05) is 25.7 Å². The Morgan fingerprint density at radius 2 is 1.90 bits per heavy atom. The van der Waals surface area contributed by atoms with Crippen LogP contribution >= 0.6 is 0 Å². The molecule has 0 radical (unpaired) electrons. The third kappa shape index (κ3) is 4.39. The molecule has 1 aromatic rings. The Bertz CT molecular complexity index is 509. The molecule has 1 heterocycles. The second-order valence-corrected chi connectivity index (χ2v) is 6.14. The second kappa shape index (κ2) is 5.97. The lowest BCUT2D eigenvalue weighted by Crippen LogP contribution is -2.49. The van der Waals surface area contributed by atoms with Crippen molar-refractivity contribution < 1.29 is 18.3 Å². The molecular formula is C15H20F2N2O2. The molecule has 0 spiro atoms. The fraction of sp³-hybridized carbons (Fsp3) is 0.533. The first kappa shape index (κ1) is 15.7. The number of piperazine rings is 1. The number of hydrogen-bond acceptors (Lipinski definition) is 3. The third-order valence-electron chi connectivity index (χ3n) is 3.11. The van der Waals surface area contributed by atoms with E-state index in [1.807, 2.05) is 0 Å². The average molecular weight is 298 g/mol. The molecule has 21 heavy (non-hydrogen) atoms. The molecule has 1 N–H and O–H groups in total. The molecule has 0 bridgehead atoms. The number of amides is 1. The van der Waals surface area contributed by atoms with Gasteiger partial charge >= 0.3 is 6.09 Å². The van der Waals surface area contributed by atoms with Crippen molar-refractivity contribution >= 4 is 6.09 Å². The number of ether oxygens (including phenoxy) is 1. The standard InChI is InChI=1S/C15H20F2N2O2/c1-15(2,3)21-14(20)19-5-4-18-13(9-19)10-6-11(16)8-12(17)7-10/h6-8,13,18H,4-5,9H2,1-3H3. The first-order valence-corrected chi connectivity index (χ1v) is 6.92. The summed E-state index contributed by atoms with van der Waals surface area (Å²) in [6.45, 7) is 6.76. The van der Waals surface area contributed by atoms with E-state index in [2.05, 4.69) is 5.32 Å². The SMILES string of the molecule is CC(C)(C)OC(=O)N1CCNC(c2cc(F)cc(F)c2)C1. The predicted octanol–water partition coefficient (Wildman–Crippen LogP) is 2.85. The van der Waals surface area contributed by atoms with Crippen LogP contribution in [0.4, 0.5) is 13.6 Å². The lowest BCUT2D eigenvalue weighted by Gasteiger charge is -2.35. The number of nitrogens with zero attached hydrogens (tertiary/aromatic N) is 1. The van der Waals surface area contributed by atoms with Crippen molar-refractivity contribution in [3.63, 3.8) is 0 Å². The molecule has 0 saturated carbocycles. The minimum atomic E-state index is -0.624. The maximum Gasteiger partial charge on any atom is 0.410 e. The van der Waals surface area contributed by atoms with Gasteiger partial charge in [0.1, 0.15) is 17.2 Å². The van der Waals surface area contributed by atoms with Gasteiger partial charge in [-0.3, -0.25) is 0 Å². The van der Waals surface area contributed by atoms with Crippen LogP contribution in [0.3, 0.4) is 0 Å². The third-order valence-corrected chi connectivity index (χ3v) is 3.11. The summed E-state index contributed by atoms with van der Waals surface area (Å²) in [6.07, 6.45) is -0.411. The van der Waals surface area contributed by atoms with E-state index in [0.29, 0.717) is 25.2 Å². The minimum Gasteiger partial charge on any atom is -0.444 e. The van der Waals surface area contributed by atoms with Gasteiger partial charge in [0.2, 0.25) is 0 Å². The normalized spacial score (nSPS) is 19.5. The minimum absolute atomic E-state index is 0.309. The lowest BCUT2D eigenvalue weighted by atomic mass is 10.0. The highest BCUT2D eigenvalue weighted by atomic mass is 19.1. The zero-order valence-electron chi connectivity index (χ0n) is 12.5. The molecule has 0 aliphatic carbocycles. The van der Waals surface area contributed by atoms with E-state index < -0.39 is 23.3 Å². The van der Waals surface area contributed by atoms with Crippen molar-refractivity contribution in [3.05, 3.63) is 35.4 Å². The smallest absolute Gasteiger partial charge is 0.410 e. The number of halogens is 2. The Morgan fingerprint density at radius 3 is 2.48 bits per heavy atom. The van der Waals surface area contributed by atoms with Crippen LogP contribution in [-0.2, 0) is 4.74 Å². The summed E-state index contributed by atoms with van der Waals surface area (Å²) in [4.78, 5) is 13.6. The molecule has 1 fully saturated rings. The quantitative estimate of drug-likeness (QED) is 0.867. The van der Waals surface area contributed by atoms with E-state index in [1.165, 1.54) is 12.1 Å². The highest BCUT2D eigenvalue weighted by Crippen LogP contribution is 2.21.